The number of amides is 1. The van der Waals surface area contributed by atoms with Gasteiger partial charge in [-0.1, -0.05) is 35.9 Å². The van der Waals surface area contributed by atoms with Crippen LogP contribution in [0.15, 0.2) is 48.5 Å². The summed E-state index contributed by atoms with van der Waals surface area (Å²) in [7, 11) is -3.46. The lowest BCUT2D eigenvalue weighted by Gasteiger charge is -2.19. The molecule has 1 aliphatic rings. The molecule has 1 aliphatic heterocycles. The molecule has 0 saturated heterocycles. The summed E-state index contributed by atoms with van der Waals surface area (Å²) in [5, 5.41) is 3.19. The van der Waals surface area contributed by atoms with Crippen LogP contribution in [0.5, 0.6) is 5.75 Å². The smallest absolute Gasteiger partial charge is 0.236 e. The number of fused-ring (bicyclic) bond motifs is 1. The Bertz CT molecular complexity index is 917. The number of ether oxygens (including phenoxy) is 1. The highest BCUT2D eigenvalue weighted by atomic mass is 35.5. The summed E-state index contributed by atoms with van der Waals surface area (Å²) in [6.45, 7) is 0.707. The lowest BCUT2D eigenvalue weighted by molar-refractivity contribution is -0.121. The molecule has 0 saturated carbocycles. The minimum Gasteiger partial charge on any atom is -0.493 e. The van der Waals surface area contributed by atoms with Gasteiger partial charge in [-0.05, 0) is 36.2 Å². The molecule has 27 heavy (non-hydrogen) atoms. The number of rotatable bonds is 8. The minimum absolute atomic E-state index is 0.0665. The number of sulfonamides is 1. The molecule has 2 aromatic rings. The first kappa shape index (κ1) is 19.5. The zero-order valence-corrected chi connectivity index (χ0v) is 16.3. The van der Waals surface area contributed by atoms with Gasteiger partial charge in [-0.3, -0.25) is 9.10 Å². The quantitative estimate of drug-likeness (QED) is 0.728. The molecule has 0 bridgehead atoms. The second-order valence-corrected chi connectivity index (χ2v) is 8.62. The number of nitrogens with one attached hydrogen (secondary N) is 1. The Labute approximate surface area is 164 Å². The van der Waals surface area contributed by atoms with Crippen LogP contribution in [-0.2, 0) is 21.2 Å². The second-order valence-electron chi connectivity index (χ2n) is 6.17. The maximum absolute atomic E-state index is 12.5. The zero-order chi connectivity index (χ0) is 19.3. The molecule has 6 nitrogen and oxygen atoms in total. The fourth-order valence-corrected chi connectivity index (χ4v) is 4.54. The van der Waals surface area contributed by atoms with Gasteiger partial charge in [0.15, 0.2) is 0 Å². The van der Waals surface area contributed by atoms with Crippen molar-refractivity contribution >= 4 is 33.2 Å². The molecule has 1 amide bonds. The van der Waals surface area contributed by atoms with Crippen LogP contribution >= 0.6 is 11.6 Å². The predicted molar refractivity (Wildman–Crippen MR) is 106 cm³/mol. The van der Waals surface area contributed by atoms with Crippen molar-refractivity contribution in [3.8, 4) is 5.75 Å². The average molecular weight is 409 g/mol. The van der Waals surface area contributed by atoms with E-state index in [1.54, 1.807) is 24.3 Å². The Morgan fingerprint density at radius 2 is 2.00 bits per heavy atom. The second kappa shape index (κ2) is 8.63. The van der Waals surface area contributed by atoms with Crippen LogP contribution in [0.1, 0.15) is 12.0 Å². The number of hydrogen-bond donors (Lipinski definition) is 1. The third-order valence-electron chi connectivity index (χ3n) is 4.26. The van der Waals surface area contributed by atoms with Crippen LogP contribution in [0.25, 0.3) is 0 Å². The van der Waals surface area contributed by atoms with Crippen LogP contribution in [-0.4, -0.2) is 39.8 Å². The lowest BCUT2D eigenvalue weighted by atomic mass is 10.2. The molecule has 144 valence electrons. The Kier molecular flexibility index (Phi) is 6.23. The van der Waals surface area contributed by atoms with Crippen molar-refractivity contribution in [2.45, 2.75) is 12.8 Å². The van der Waals surface area contributed by atoms with Crippen molar-refractivity contribution < 1.29 is 17.9 Å². The highest BCUT2D eigenvalue weighted by Crippen LogP contribution is 2.29. The fraction of sp³-hybridized carbons (Fsp3) is 0.316. The summed E-state index contributed by atoms with van der Waals surface area (Å²) in [4.78, 5) is 11.9. The summed E-state index contributed by atoms with van der Waals surface area (Å²) in [5.74, 6) is 0.196. The number of para-hydroxylation sites is 1. The number of carbonyl (C=O) groups excluding carboxylic acids is 1. The maximum Gasteiger partial charge on any atom is 0.236 e. The van der Waals surface area contributed by atoms with Gasteiger partial charge in [0.25, 0.3) is 0 Å². The van der Waals surface area contributed by atoms with Crippen LogP contribution in [0.4, 0.5) is 5.69 Å². The monoisotopic (exact) mass is 408 g/mol. The van der Waals surface area contributed by atoms with Gasteiger partial charge < -0.3 is 10.1 Å². The Morgan fingerprint density at radius 3 is 2.81 bits per heavy atom. The van der Waals surface area contributed by atoms with Crippen LogP contribution in [0, 0.1) is 0 Å². The minimum atomic E-state index is -3.46. The number of anilines is 1. The van der Waals surface area contributed by atoms with Crippen molar-refractivity contribution in [2.75, 3.05) is 29.8 Å². The summed E-state index contributed by atoms with van der Waals surface area (Å²) in [6, 6.07) is 14.4. The van der Waals surface area contributed by atoms with E-state index in [0.717, 1.165) is 11.3 Å². The van der Waals surface area contributed by atoms with E-state index in [4.69, 9.17) is 16.3 Å². The van der Waals surface area contributed by atoms with E-state index in [-0.39, 0.29) is 31.2 Å². The molecule has 0 fully saturated rings. The molecular formula is C19H21ClN2O4S. The fourth-order valence-electron chi connectivity index (χ4n) is 2.93. The molecule has 3 rings (SSSR count). The van der Waals surface area contributed by atoms with Crippen LogP contribution in [0.3, 0.4) is 0 Å². The van der Waals surface area contributed by atoms with Crippen molar-refractivity contribution in [3.63, 3.8) is 0 Å². The zero-order valence-electron chi connectivity index (χ0n) is 14.7. The number of halogens is 1. The topological polar surface area (TPSA) is 75.7 Å². The number of carbonyl (C=O) groups is 1. The molecule has 0 spiro atoms. The van der Waals surface area contributed by atoms with E-state index in [0.29, 0.717) is 23.7 Å². The lowest BCUT2D eigenvalue weighted by Crippen LogP contribution is -2.37. The number of benzene rings is 2. The van der Waals surface area contributed by atoms with Gasteiger partial charge in [0, 0.05) is 18.1 Å². The molecule has 0 unspecified atom stereocenters. The van der Waals surface area contributed by atoms with E-state index in [1.807, 2.05) is 24.3 Å². The molecule has 1 heterocycles. The normalized spacial score (nSPS) is 13.3. The van der Waals surface area contributed by atoms with Crippen molar-refractivity contribution in [1.29, 1.82) is 0 Å². The number of hydrogen-bond acceptors (Lipinski definition) is 4. The van der Waals surface area contributed by atoms with Gasteiger partial charge in [-0.2, -0.15) is 0 Å². The van der Waals surface area contributed by atoms with Crippen molar-refractivity contribution in [1.82, 2.24) is 5.32 Å². The van der Waals surface area contributed by atoms with Gasteiger partial charge >= 0.3 is 0 Å². The van der Waals surface area contributed by atoms with Crippen LogP contribution < -0.4 is 14.4 Å². The van der Waals surface area contributed by atoms with Gasteiger partial charge in [-0.15, -0.1) is 0 Å². The Balaban J connectivity index is 1.42. The molecule has 0 atom stereocenters. The van der Waals surface area contributed by atoms with E-state index < -0.39 is 10.0 Å². The third kappa shape index (κ3) is 5.14. The van der Waals surface area contributed by atoms with Crippen molar-refractivity contribution in [2.24, 2.45) is 0 Å². The van der Waals surface area contributed by atoms with Gasteiger partial charge in [0.05, 0.1) is 24.5 Å². The largest absolute Gasteiger partial charge is 0.493 e. The number of nitrogens with zero attached hydrogens (tertiary/aromatic N) is 1. The van der Waals surface area contributed by atoms with Crippen LogP contribution in [0.2, 0.25) is 5.02 Å². The maximum atomic E-state index is 12.5. The van der Waals surface area contributed by atoms with E-state index >= 15 is 0 Å². The molecule has 0 aromatic heterocycles. The predicted octanol–water partition coefficient (Wildman–Crippen LogP) is 2.62. The van der Waals surface area contributed by atoms with E-state index in [2.05, 4.69) is 5.32 Å². The average Bonchev–Trinajstić information content (AvgIpc) is 3.07. The van der Waals surface area contributed by atoms with Gasteiger partial charge in [0.2, 0.25) is 15.9 Å². The molecule has 0 aliphatic carbocycles. The standard InChI is InChI=1S/C19H21ClN2O4S/c20-16-5-3-6-17(14-16)26-12-9-19(23)21-10-13-27(24,25)22-11-8-15-4-1-2-7-18(15)22/h1-7,14H,8-13H2,(H,21,23). The van der Waals surface area contributed by atoms with Gasteiger partial charge in [0.1, 0.15) is 5.75 Å². The first-order chi connectivity index (χ1) is 13.0. The van der Waals surface area contributed by atoms with Gasteiger partial charge in [-0.25, -0.2) is 8.42 Å². The molecule has 1 N–H and O–H groups in total. The Hall–Kier alpha value is -2.25. The highest BCUT2D eigenvalue weighted by Gasteiger charge is 2.28. The van der Waals surface area contributed by atoms with Crippen molar-refractivity contribution in [3.05, 3.63) is 59.1 Å². The van der Waals surface area contributed by atoms with E-state index in [9.17, 15) is 13.2 Å². The summed E-state index contributed by atoms with van der Waals surface area (Å²) < 4.78 is 32.0. The first-order valence-corrected chi connectivity index (χ1v) is 10.7. The first-order valence-electron chi connectivity index (χ1n) is 8.69. The highest BCUT2D eigenvalue weighted by molar-refractivity contribution is 7.92. The summed E-state index contributed by atoms with van der Waals surface area (Å²) >= 11 is 5.86. The Morgan fingerprint density at radius 1 is 1.19 bits per heavy atom. The molecule has 2 aromatic carbocycles. The molecular weight excluding hydrogens is 388 g/mol. The third-order valence-corrected chi connectivity index (χ3v) is 6.26. The summed E-state index contributed by atoms with van der Waals surface area (Å²) in [5.41, 5.74) is 1.77. The molecule has 8 heteroatoms. The SMILES string of the molecule is O=C(CCOc1cccc(Cl)c1)NCCS(=O)(=O)N1CCc2ccccc21. The van der Waals surface area contributed by atoms with E-state index in [1.165, 1.54) is 4.31 Å². The molecule has 0 radical (unpaired) electrons. The summed E-state index contributed by atoms with van der Waals surface area (Å²) in [6.07, 6.45) is 0.849.